The predicted molar refractivity (Wildman–Crippen MR) is 111 cm³/mol. The molecule has 2 amide bonds. The number of aromatic hydroxyl groups is 1. The molecule has 0 unspecified atom stereocenters. The summed E-state index contributed by atoms with van der Waals surface area (Å²) in [7, 11) is -3.83. The molecule has 0 aliphatic carbocycles. The molecule has 2 heterocycles. The standard InChI is InChI=1S/C20H26N4O5S/c1-3-29-19-16(5-4-8-21-19)14-22-20(26)23-9-11-24(12-10-23)30(27,28)18-13-15(2)6-7-17(18)25/h4-8,13,25H,3,9-12,14H2,1-2H3,(H,22,26). The van der Waals surface area contributed by atoms with Gasteiger partial charge < -0.3 is 20.1 Å². The molecule has 1 aromatic heterocycles. The first-order valence-corrected chi connectivity index (χ1v) is 11.2. The van der Waals surface area contributed by atoms with E-state index in [0.717, 1.165) is 11.1 Å². The molecular formula is C20H26N4O5S. The Bertz CT molecular complexity index is 1000. The van der Waals surface area contributed by atoms with Crippen molar-refractivity contribution in [3.63, 3.8) is 0 Å². The average molecular weight is 435 g/mol. The molecule has 2 N–H and O–H groups in total. The molecule has 1 saturated heterocycles. The number of urea groups is 1. The fraction of sp³-hybridized carbons (Fsp3) is 0.400. The van der Waals surface area contributed by atoms with E-state index in [4.69, 9.17) is 4.74 Å². The van der Waals surface area contributed by atoms with E-state index < -0.39 is 10.0 Å². The minimum absolute atomic E-state index is 0.111. The van der Waals surface area contributed by atoms with Crippen molar-refractivity contribution in [2.45, 2.75) is 25.3 Å². The number of pyridine rings is 1. The smallest absolute Gasteiger partial charge is 0.317 e. The van der Waals surface area contributed by atoms with Gasteiger partial charge in [-0.2, -0.15) is 4.31 Å². The number of hydrogen-bond donors (Lipinski definition) is 2. The summed E-state index contributed by atoms with van der Waals surface area (Å²) in [6.07, 6.45) is 1.63. The third-order valence-corrected chi connectivity index (χ3v) is 6.75. The number of nitrogens with zero attached hydrogens (tertiary/aromatic N) is 3. The van der Waals surface area contributed by atoms with Crippen molar-refractivity contribution in [2.24, 2.45) is 0 Å². The van der Waals surface area contributed by atoms with E-state index in [1.165, 1.54) is 16.4 Å². The molecule has 0 saturated carbocycles. The summed E-state index contributed by atoms with van der Waals surface area (Å²) in [5.41, 5.74) is 1.51. The fourth-order valence-corrected chi connectivity index (χ4v) is 4.80. The SMILES string of the molecule is CCOc1ncccc1CNC(=O)N1CCN(S(=O)(=O)c2cc(C)ccc2O)CC1. The van der Waals surface area contributed by atoms with Crippen molar-refractivity contribution in [3.05, 3.63) is 47.7 Å². The highest BCUT2D eigenvalue weighted by atomic mass is 32.2. The van der Waals surface area contributed by atoms with Crippen LogP contribution in [0.4, 0.5) is 4.79 Å². The quantitative estimate of drug-likeness (QED) is 0.716. The third kappa shape index (κ3) is 4.82. The summed E-state index contributed by atoms with van der Waals surface area (Å²) in [5.74, 6) is 0.205. The number of hydrogen-bond acceptors (Lipinski definition) is 6. The monoisotopic (exact) mass is 434 g/mol. The van der Waals surface area contributed by atoms with Crippen LogP contribution in [0.2, 0.25) is 0 Å². The van der Waals surface area contributed by atoms with Crippen molar-refractivity contribution < 1.29 is 23.1 Å². The average Bonchev–Trinajstić information content (AvgIpc) is 2.75. The first-order chi connectivity index (χ1) is 14.3. The van der Waals surface area contributed by atoms with Gasteiger partial charge in [-0.15, -0.1) is 0 Å². The molecule has 9 nitrogen and oxygen atoms in total. The molecule has 162 valence electrons. The van der Waals surface area contributed by atoms with Crippen molar-refractivity contribution >= 4 is 16.1 Å². The van der Waals surface area contributed by atoms with E-state index in [2.05, 4.69) is 10.3 Å². The van der Waals surface area contributed by atoms with E-state index in [9.17, 15) is 18.3 Å². The molecule has 30 heavy (non-hydrogen) atoms. The van der Waals surface area contributed by atoms with Crippen molar-refractivity contribution in [1.82, 2.24) is 19.5 Å². The lowest BCUT2D eigenvalue weighted by atomic mass is 10.2. The number of aryl methyl sites for hydroxylation is 1. The van der Waals surface area contributed by atoms with Gasteiger partial charge in [0.2, 0.25) is 15.9 Å². The summed E-state index contributed by atoms with van der Waals surface area (Å²) < 4.78 is 32.5. The van der Waals surface area contributed by atoms with Gasteiger partial charge in [-0.25, -0.2) is 18.2 Å². The number of benzene rings is 1. The van der Waals surface area contributed by atoms with Crippen LogP contribution in [0, 0.1) is 6.92 Å². The zero-order valence-electron chi connectivity index (χ0n) is 17.0. The lowest BCUT2D eigenvalue weighted by Crippen LogP contribution is -2.53. The molecule has 1 fully saturated rings. The predicted octanol–water partition coefficient (Wildman–Crippen LogP) is 1.71. The topological polar surface area (TPSA) is 112 Å². The Balaban J connectivity index is 1.59. The molecule has 0 radical (unpaired) electrons. The van der Waals surface area contributed by atoms with E-state index in [-0.39, 0.29) is 49.4 Å². The summed E-state index contributed by atoms with van der Waals surface area (Å²) >= 11 is 0. The Morgan fingerprint density at radius 2 is 1.97 bits per heavy atom. The number of aromatic nitrogens is 1. The van der Waals surface area contributed by atoms with Gasteiger partial charge >= 0.3 is 6.03 Å². The number of rotatable bonds is 6. The highest BCUT2D eigenvalue weighted by Crippen LogP contribution is 2.27. The molecule has 0 atom stereocenters. The second-order valence-electron chi connectivity index (χ2n) is 6.92. The third-order valence-electron chi connectivity index (χ3n) is 4.82. The molecule has 1 aromatic carbocycles. The van der Waals surface area contributed by atoms with E-state index >= 15 is 0 Å². The van der Waals surface area contributed by atoms with Crippen LogP contribution in [0.15, 0.2) is 41.4 Å². The Kier molecular flexibility index (Phi) is 6.78. The largest absolute Gasteiger partial charge is 0.507 e. The molecule has 10 heteroatoms. The number of piperazine rings is 1. The van der Waals surface area contributed by atoms with Gasteiger partial charge in [0.05, 0.1) is 6.61 Å². The van der Waals surface area contributed by atoms with Crippen LogP contribution in [-0.4, -0.2) is 66.5 Å². The minimum atomic E-state index is -3.83. The normalized spacial score (nSPS) is 15.1. The number of carbonyl (C=O) groups excluding carboxylic acids is 1. The molecular weight excluding hydrogens is 408 g/mol. The zero-order valence-corrected chi connectivity index (χ0v) is 17.9. The van der Waals surface area contributed by atoms with Crippen LogP contribution >= 0.6 is 0 Å². The van der Waals surface area contributed by atoms with E-state index in [1.807, 2.05) is 13.0 Å². The van der Waals surface area contributed by atoms with Crippen molar-refractivity contribution in [1.29, 1.82) is 0 Å². The summed E-state index contributed by atoms with van der Waals surface area (Å²) in [6, 6.07) is 7.80. The number of carbonyl (C=O) groups is 1. The lowest BCUT2D eigenvalue weighted by molar-refractivity contribution is 0.171. The molecule has 0 bridgehead atoms. The van der Waals surface area contributed by atoms with Crippen LogP contribution in [0.3, 0.4) is 0 Å². The number of nitrogens with one attached hydrogen (secondary N) is 1. The lowest BCUT2D eigenvalue weighted by Gasteiger charge is -2.34. The van der Waals surface area contributed by atoms with Gasteiger partial charge in [0, 0.05) is 44.5 Å². The fourth-order valence-electron chi connectivity index (χ4n) is 3.21. The Labute approximate surface area is 176 Å². The first kappa shape index (κ1) is 21.8. The second kappa shape index (κ2) is 9.31. The molecule has 3 rings (SSSR count). The number of ether oxygens (including phenoxy) is 1. The van der Waals surface area contributed by atoms with E-state index in [0.29, 0.717) is 12.5 Å². The maximum atomic E-state index is 12.9. The van der Waals surface area contributed by atoms with Crippen LogP contribution in [0.1, 0.15) is 18.1 Å². The molecule has 1 aliphatic heterocycles. The first-order valence-electron chi connectivity index (χ1n) is 9.72. The van der Waals surface area contributed by atoms with Crippen LogP contribution < -0.4 is 10.1 Å². The summed E-state index contributed by atoms with van der Waals surface area (Å²) in [4.78, 5) is 18.1. The van der Waals surface area contributed by atoms with Crippen LogP contribution in [0.5, 0.6) is 11.6 Å². The van der Waals surface area contributed by atoms with Gasteiger partial charge in [-0.1, -0.05) is 12.1 Å². The Morgan fingerprint density at radius 1 is 1.23 bits per heavy atom. The van der Waals surface area contributed by atoms with Crippen molar-refractivity contribution in [2.75, 3.05) is 32.8 Å². The molecule has 1 aliphatic rings. The van der Waals surface area contributed by atoms with Gasteiger partial charge in [0.15, 0.2) is 0 Å². The second-order valence-corrected chi connectivity index (χ2v) is 8.83. The van der Waals surface area contributed by atoms with Gasteiger partial charge in [-0.05, 0) is 37.6 Å². The molecule has 0 spiro atoms. The number of phenols is 1. The van der Waals surface area contributed by atoms with Gasteiger partial charge in [0.1, 0.15) is 10.6 Å². The van der Waals surface area contributed by atoms with E-state index in [1.54, 1.807) is 30.2 Å². The highest BCUT2D eigenvalue weighted by Gasteiger charge is 2.31. The number of sulfonamides is 1. The number of phenolic OH excluding ortho intramolecular Hbond substituents is 1. The van der Waals surface area contributed by atoms with Crippen molar-refractivity contribution in [3.8, 4) is 11.6 Å². The van der Waals surface area contributed by atoms with Crippen LogP contribution in [-0.2, 0) is 16.6 Å². The van der Waals surface area contributed by atoms with Gasteiger partial charge in [-0.3, -0.25) is 0 Å². The van der Waals surface area contributed by atoms with Gasteiger partial charge in [0.25, 0.3) is 0 Å². The minimum Gasteiger partial charge on any atom is -0.507 e. The number of amides is 2. The van der Waals surface area contributed by atoms with Crippen LogP contribution in [0.25, 0.3) is 0 Å². The maximum absolute atomic E-state index is 12.9. The Morgan fingerprint density at radius 3 is 2.67 bits per heavy atom. The summed E-state index contributed by atoms with van der Waals surface area (Å²) in [6.45, 7) is 5.18. The molecule has 2 aromatic rings. The zero-order chi connectivity index (χ0) is 21.7. The summed E-state index contributed by atoms with van der Waals surface area (Å²) in [5, 5.41) is 12.8. The maximum Gasteiger partial charge on any atom is 0.317 e. The highest BCUT2D eigenvalue weighted by molar-refractivity contribution is 7.89. The Hall–Kier alpha value is -2.85.